The molecule has 2 unspecified atom stereocenters. The molecule has 1 aliphatic heterocycles. The smallest absolute Gasteiger partial charge is 0.363 e. The lowest BCUT2D eigenvalue weighted by Gasteiger charge is -2.33. The first-order valence-corrected chi connectivity index (χ1v) is 10.2. The van der Waals surface area contributed by atoms with Gasteiger partial charge in [0.2, 0.25) is 0 Å². The van der Waals surface area contributed by atoms with Gasteiger partial charge in [0.15, 0.2) is 11.7 Å². The fraction of sp³-hybridized carbons (Fsp3) is 0.200. The summed E-state index contributed by atoms with van der Waals surface area (Å²) in [7, 11) is 0. The number of hydrogen-bond acceptors (Lipinski definition) is 3. The molecule has 1 aromatic heterocycles. The Morgan fingerprint density at radius 1 is 1.06 bits per heavy atom. The summed E-state index contributed by atoms with van der Waals surface area (Å²) in [6.45, 7) is 0. The molecule has 4 rings (SSSR count). The highest BCUT2D eigenvalue weighted by Gasteiger charge is 2.46. The van der Waals surface area contributed by atoms with Crippen LogP contribution in [0.1, 0.15) is 34.6 Å². The summed E-state index contributed by atoms with van der Waals surface area (Å²) in [4.78, 5) is 12.5. The summed E-state index contributed by atoms with van der Waals surface area (Å²) < 4.78 is 42.2. The number of hydrogen-bond donors (Lipinski definition) is 2. The second kappa shape index (κ2) is 8.26. The summed E-state index contributed by atoms with van der Waals surface area (Å²) >= 11 is 17.8. The number of anilines is 2. The standard InChI is InChI=1S/C20H14Cl3F3N4O/c21-11-2-4-12(5-3-11)27-19(31)16-9-18-28-15(10-1-6-13(22)14(23)7-10)8-17(20(24,25)26)30(18)29-16/h1-7,9,15,17,28H,8H2,(H,27,31). The Hall–Kier alpha value is -2.42. The lowest BCUT2D eigenvalue weighted by Crippen LogP contribution is -2.35. The number of nitrogens with one attached hydrogen (secondary N) is 2. The highest BCUT2D eigenvalue weighted by atomic mass is 35.5. The van der Waals surface area contributed by atoms with Crippen LogP contribution in [0.25, 0.3) is 0 Å². The van der Waals surface area contributed by atoms with Crippen molar-refractivity contribution in [2.45, 2.75) is 24.7 Å². The molecule has 0 spiro atoms. The maximum absolute atomic E-state index is 13.8. The second-order valence-corrected chi connectivity index (χ2v) is 8.23. The zero-order valence-corrected chi connectivity index (χ0v) is 17.8. The monoisotopic (exact) mass is 488 g/mol. The fourth-order valence-corrected chi connectivity index (χ4v) is 3.79. The Morgan fingerprint density at radius 3 is 2.42 bits per heavy atom. The molecule has 0 saturated carbocycles. The van der Waals surface area contributed by atoms with Crippen molar-refractivity contribution in [2.24, 2.45) is 0 Å². The van der Waals surface area contributed by atoms with E-state index in [9.17, 15) is 18.0 Å². The van der Waals surface area contributed by atoms with Crippen LogP contribution >= 0.6 is 34.8 Å². The average molecular weight is 490 g/mol. The summed E-state index contributed by atoms with van der Waals surface area (Å²) in [5.41, 5.74) is 0.833. The molecule has 1 aliphatic rings. The molecule has 162 valence electrons. The van der Waals surface area contributed by atoms with E-state index in [1.807, 2.05) is 0 Å². The largest absolute Gasteiger partial charge is 0.410 e. The number of alkyl halides is 3. The Labute approximate surface area is 190 Å². The van der Waals surface area contributed by atoms with Gasteiger partial charge in [0.05, 0.1) is 16.1 Å². The van der Waals surface area contributed by atoms with Crippen LogP contribution in [0.5, 0.6) is 0 Å². The van der Waals surface area contributed by atoms with Crippen LogP contribution in [0, 0.1) is 0 Å². The Morgan fingerprint density at radius 2 is 1.77 bits per heavy atom. The lowest BCUT2D eigenvalue weighted by molar-refractivity contribution is -0.173. The zero-order chi connectivity index (χ0) is 22.3. The normalized spacial score (nSPS) is 18.3. The highest BCUT2D eigenvalue weighted by molar-refractivity contribution is 6.42. The van der Waals surface area contributed by atoms with Crippen molar-refractivity contribution in [3.8, 4) is 0 Å². The summed E-state index contributed by atoms with van der Waals surface area (Å²) in [6, 6.07) is 9.65. The van der Waals surface area contributed by atoms with Crippen LogP contribution in [-0.4, -0.2) is 21.9 Å². The number of fused-ring (bicyclic) bond motifs is 1. The highest BCUT2D eigenvalue weighted by Crippen LogP contribution is 2.44. The molecule has 5 nitrogen and oxygen atoms in total. The van der Waals surface area contributed by atoms with Crippen molar-refractivity contribution in [1.29, 1.82) is 0 Å². The van der Waals surface area contributed by atoms with Crippen LogP contribution in [0.15, 0.2) is 48.5 Å². The maximum Gasteiger partial charge on any atom is 0.410 e. The Balaban J connectivity index is 1.64. The van der Waals surface area contributed by atoms with E-state index in [0.29, 0.717) is 21.3 Å². The van der Waals surface area contributed by atoms with E-state index in [1.165, 1.54) is 18.2 Å². The fourth-order valence-electron chi connectivity index (χ4n) is 3.36. The van der Waals surface area contributed by atoms with Crippen molar-refractivity contribution in [2.75, 3.05) is 10.6 Å². The number of carbonyl (C=O) groups is 1. The Bertz CT molecular complexity index is 1130. The Kier molecular flexibility index (Phi) is 5.81. The van der Waals surface area contributed by atoms with Gasteiger partial charge in [-0.3, -0.25) is 4.79 Å². The van der Waals surface area contributed by atoms with Crippen LogP contribution in [0.4, 0.5) is 24.7 Å². The minimum absolute atomic E-state index is 0.0749. The van der Waals surface area contributed by atoms with Crippen LogP contribution in [-0.2, 0) is 0 Å². The van der Waals surface area contributed by atoms with Gasteiger partial charge >= 0.3 is 6.18 Å². The molecular formula is C20H14Cl3F3N4O. The second-order valence-electron chi connectivity index (χ2n) is 6.98. The summed E-state index contributed by atoms with van der Waals surface area (Å²) in [6.07, 6.45) is -4.89. The van der Waals surface area contributed by atoms with E-state index < -0.39 is 24.2 Å². The number of amides is 1. The minimum atomic E-state index is -4.57. The number of carbonyl (C=O) groups excluding carboxylic acids is 1. The molecule has 3 aromatic rings. The maximum atomic E-state index is 13.8. The minimum Gasteiger partial charge on any atom is -0.363 e. The molecule has 0 radical (unpaired) electrons. The van der Waals surface area contributed by atoms with Crippen molar-refractivity contribution in [3.05, 3.63) is 74.9 Å². The number of nitrogens with zero attached hydrogens (tertiary/aromatic N) is 2. The zero-order valence-electron chi connectivity index (χ0n) is 15.6. The van der Waals surface area contributed by atoms with Crippen molar-refractivity contribution < 1.29 is 18.0 Å². The molecule has 11 heteroatoms. The molecule has 0 fully saturated rings. The molecule has 0 saturated heterocycles. The van der Waals surface area contributed by atoms with E-state index in [-0.39, 0.29) is 23.0 Å². The molecule has 1 amide bonds. The van der Waals surface area contributed by atoms with E-state index in [2.05, 4.69) is 15.7 Å². The molecule has 2 aromatic carbocycles. The molecule has 2 N–H and O–H groups in total. The molecule has 0 aliphatic carbocycles. The SMILES string of the molecule is O=C(Nc1ccc(Cl)cc1)c1cc2n(n1)C(C(F)(F)F)CC(c1ccc(Cl)c(Cl)c1)N2. The van der Waals surface area contributed by atoms with Gasteiger partial charge in [-0.25, -0.2) is 4.68 Å². The third kappa shape index (κ3) is 4.61. The molecule has 2 atom stereocenters. The van der Waals surface area contributed by atoms with Gasteiger partial charge in [0.1, 0.15) is 5.82 Å². The third-order valence-electron chi connectivity index (χ3n) is 4.87. The van der Waals surface area contributed by atoms with Crippen molar-refractivity contribution in [3.63, 3.8) is 0 Å². The number of benzene rings is 2. The van der Waals surface area contributed by atoms with Gasteiger partial charge in [0.25, 0.3) is 5.91 Å². The predicted molar refractivity (Wildman–Crippen MR) is 114 cm³/mol. The van der Waals surface area contributed by atoms with Crippen molar-refractivity contribution in [1.82, 2.24) is 9.78 Å². The number of rotatable bonds is 3. The van der Waals surface area contributed by atoms with Gasteiger partial charge in [-0.2, -0.15) is 18.3 Å². The molecule has 31 heavy (non-hydrogen) atoms. The van der Waals surface area contributed by atoms with E-state index >= 15 is 0 Å². The van der Waals surface area contributed by atoms with Crippen molar-refractivity contribution >= 4 is 52.2 Å². The number of aromatic nitrogens is 2. The van der Waals surface area contributed by atoms with Crippen LogP contribution in [0.3, 0.4) is 0 Å². The molecule has 2 heterocycles. The first-order valence-electron chi connectivity index (χ1n) is 9.06. The topological polar surface area (TPSA) is 59.0 Å². The van der Waals surface area contributed by atoms with E-state index in [0.717, 1.165) is 4.68 Å². The summed E-state index contributed by atoms with van der Waals surface area (Å²) in [5, 5.41) is 10.6. The van der Waals surface area contributed by atoms with Gasteiger partial charge in [-0.15, -0.1) is 0 Å². The molecular weight excluding hydrogens is 476 g/mol. The van der Waals surface area contributed by atoms with E-state index in [4.69, 9.17) is 34.8 Å². The third-order valence-corrected chi connectivity index (χ3v) is 5.86. The number of halogens is 6. The first-order chi connectivity index (χ1) is 14.6. The van der Waals surface area contributed by atoms with Gasteiger partial charge in [0, 0.05) is 23.2 Å². The van der Waals surface area contributed by atoms with Gasteiger partial charge < -0.3 is 10.6 Å². The quantitative estimate of drug-likeness (QED) is 0.427. The van der Waals surface area contributed by atoms with Crippen LogP contribution < -0.4 is 10.6 Å². The predicted octanol–water partition coefficient (Wildman–Crippen LogP) is 6.76. The lowest BCUT2D eigenvalue weighted by atomic mass is 9.97. The average Bonchev–Trinajstić information content (AvgIpc) is 3.14. The van der Waals surface area contributed by atoms with Gasteiger partial charge in [-0.1, -0.05) is 40.9 Å². The van der Waals surface area contributed by atoms with Gasteiger partial charge in [-0.05, 0) is 42.0 Å². The summed E-state index contributed by atoms with van der Waals surface area (Å²) in [5.74, 6) is -0.566. The first kappa shape index (κ1) is 21.8. The van der Waals surface area contributed by atoms with E-state index in [1.54, 1.807) is 30.3 Å². The van der Waals surface area contributed by atoms with Crippen LogP contribution in [0.2, 0.25) is 15.1 Å². The molecule has 0 bridgehead atoms.